The lowest BCUT2D eigenvalue weighted by Gasteiger charge is -2.18. The van der Waals surface area contributed by atoms with Crippen molar-refractivity contribution in [2.45, 2.75) is 31.0 Å². The molecule has 1 N–H and O–H groups in total. The van der Waals surface area contributed by atoms with Crippen LogP contribution in [0.2, 0.25) is 0 Å². The van der Waals surface area contributed by atoms with Gasteiger partial charge in [0.2, 0.25) is 0 Å². The minimum absolute atomic E-state index is 0. The minimum Gasteiger partial charge on any atom is -0.442 e. The second-order valence-electron chi connectivity index (χ2n) is 3.79. The summed E-state index contributed by atoms with van der Waals surface area (Å²) in [6.07, 6.45) is 2.36. The lowest BCUT2D eigenvalue weighted by Crippen LogP contribution is -2.38. The molecular formula is C8H13ClN2O2. The minimum atomic E-state index is -0.0889. The van der Waals surface area contributed by atoms with Crippen molar-refractivity contribution in [3.05, 3.63) is 0 Å². The molecule has 1 unspecified atom stereocenters. The number of hydrogen-bond donors (Lipinski definition) is 1. The van der Waals surface area contributed by atoms with E-state index in [-0.39, 0.29) is 24.6 Å². The molecule has 0 aromatic heterocycles. The van der Waals surface area contributed by atoms with E-state index in [0.717, 1.165) is 13.1 Å². The van der Waals surface area contributed by atoms with Crippen molar-refractivity contribution in [2.75, 3.05) is 13.1 Å². The maximum absolute atomic E-state index is 11.3. The molecule has 2 atom stereocenters. The van der Waals surface area contributed by atoms with Crippen molar-refractivity contribution in [1.82, 2.24) is 10.2 Å². The van der Waals surface area contributed by atoms with E-state index in [0.29, 0.717) is 12.1 Å². The van der Waals surface area contributed by atoms with Gasteiger partial charge in [0.25, 0.3) is 0 Å². The molecule has 74 valence electrons. The van der Waals surface area contributed by atoms with E-state index in [4.69, 9.17) is 4.74 Å². The first kappa shape index (κ1) is 9.09. The fourth-order valence-corrected chi connectivity index (χ4v) is 2.14. The van der Waals surface area contributed by atoms with Crippen LogP contribution in [0.25, 0.3) is 0 Å². The summed E-state index contributed by atoms with van der Waals surface area (Å²) in [4.78, 5) is 13.3. The van der Waals surface area contributed by atoms with E-state index in [1.807, 2.05) is 4.90 Å². The van der Waals surface area contributed by atoms with Gasteiger partial charge in [0, 0.05) is 19.1 Å². The predicted molar refractivity (Wildman–Crippen MR) is 49.0 cm³/mol. The zero-order valence-electron chi connectivity index (χ0n) is 7.23. The molecule has 0 aromatic carbocycles. The first-order valence-corrected chi connectivity index (χ1v) is 4.56. The van der Waals surface area contributed by atoms with Crippen LogP contribution in [0.4, 0.5) is 4.79 Å². The Morgan fingerprint density at radius 1 is 1.38 bits per heavy atom. The summed E-state index contributed by atoms with van der Waals surface area (Å²) < 4.78 is 5.22. The lowest BCUT2D eigenvalue weighted by molar-refractivity contribution is 0.133. The van der Waals surface area contributed by atoms with Crippen molar-refractivity contribution in [2.24, 2.45) is 0 Å². The number of rotatable bonds is 1. The molecule has 2 aliphatic heterocycles. The van der Waals surface area contributed by atoms with E-state index < -0.39 is 0 Å². The van der Waals surface area contributed by atoms with Crippen LogP contribution in [-0.2, 0) is 4.74 Å². The standard InChI is InChI=1S/C8H12N2O2.ClH/c11-8-10(5-1-2-5)6-3-9-4-7(6)12-8;/h5-7,9H,1-4H2;1H/t6-,7?;/m0./s1. The van der Waals surface area contributed by atoms with Gasteiger partial charge in [-0.05, 0) is 12.8 Å². The molecule has 2 heterocycles. The number of halogens is 1. The molecule has 0 bridgehead atoms. The third-order valence-electron chi connectivity index (χ3n) is 2.89. The van der Waals surface area contributed by atoms with Crippen LogP contribution in [0.5, 0.6) is 0 Å². The number of amides is 1. The summed E-state index contributed by atoms with van der Waals surface area (Å²) in [7, 11) is 0. The Labute approximate surface area is 83.0 Å². The summed E-state index contributed by atoms with van der Waals surface area (Å²) >= 11 is 0. The van der Waals surface area contributed by atoms with Gasteiger partial charge in [0.05, 0.1) is 6.04 Å². The Morgan fingerprint density at radius 2 is 2.15 bits per heavy atom. The van der Waals surface area contributed by atoms with Crippen LogP contribution in [0.1, 0.15) is 12.8 Å². The van der Waals surface area contributed by atoms with Crippen LogP contribution < -0.4 is 5.32 Å². The third kappa shape index (κ3) is 1.28. The number of nitrogens with zero attached hydrogens (tertiary/aromatic N) is 1. The SMILES string of the molecule is Cl.O=C1OC2CNC[C@@H]2N1C1CC1. The van der Waals surface area contributed by atoms with Gasteiger partial charge in [0.1, 0.15) is 6.10 Å². The zero-order valence-corrected chi connectivity index (χ0v) is 8.05. The highest BCUT2D eigenvalue weighted by Gasteiger charge is 2.50. The second-order valence-corrected chi connectivity index (χ2v) is 3.79. The highest BCUT2D eigenvalue weighted by molar-refractivity contribution is 5.85. The Hall–Kier alpha value is -0.480. The Balaban J connectivity index is 0.000000653. The van der Waals surface area contributed by atoms with E-state index in [2.05, 4.69) is 5.32 Å². The molecule has 0 radical (unpaired) electrons. The highest BCUT2D eigenvalue weighted by Crippen LogP contribution is 2.35. The van der Waals surface area contributed by atoms with Crippen molar-refractivity contribution in [3.63, 3.8) is 0 Å². The molecule has 2 saturated heterocycles. The first-order valence-electron chi connectivity index (χ1n) is 4.56. The van der Waals surface area contributed by atoms with E-state index in [1.165, 1.54) is 12.8 Å². The fourth-order valence-electron chi connectivity index (χ4n) is 2.14. The molecule has 5 heteroatoms. The molecule has 3 rings (SSSR count). The predicted octanol–water partition coefficient (Wildman–Crippen LogP) is 0.363. The molecule has 0 spiro atoms. The maximum atomic E-state index is 11.3. The number of fused-ring (bicyclic) bond motifs is 1. The highest BCUT2D eigenvalue weighted by atomic mass is 35.5. The Morgan fingerprint density at radius 3 is 2.85 bits per heavy atom. The van der Waals surface area contributed by atoms with Crippen LogP contribution >= 0.6 is 12.4 Å². The molecule has 0 aromatic rings. The second kappa shape index (κ2) is 3.03. The van der Waals surface area contributed by atoms with Crippen molar-refractivity contribution >= 4 is 18.5 Å². The molecule has 3 aliphatic rings. The van der Waals surface area contributed by atoms with Gasteiger partial charge in [-0.2, -0.15) is 0 Å². The number of carbonyl (C=O) groups is 1. The first-order chi connectivity index (χ1) is 5.86. The van der Waals surface area contributed by atoms with Gasteiger partial charge in [0.15, 0.2) is 0 Å². The van der Waals surface area contributed by atoms with Crippen molar-refractivity contribution in [3.8, 4) is 0 Å². The smallest absolute Gasteiger partial charge is 0.410 e. The topological polar surface area (TPSA) is 41.6 Å². The van der Waals surface area contributed by atoms with Gasteiger partial charge in [-0.1, -0.05) is 0 Å². The lowest BCUT2D eigenvalue weighted by atomic mass is 10.2. The summed E-state index contributed by atoms with van der Waals surface area (Å²) in [5.41, 5.74) is 0. The van der Waals surface area contributed by atoms with Crippen molar-refractivity contribution < 1.29 is 9.53 Å². The number of hydrogen-bond acceptors (Lipinski definition) is 3. The molecular weight excluding hydrogens is 192 g/mol. The third-order valence-corrected chi connectivity index (χ3v) is 2.89. The monoisotopic (exact) mass is 204 g/mol. The van der Waals surface area contributed by atoms with Gasteiger partial charge < -0.3 is 10.1 Å². The zero-order chi connectivity index (χ0) is 8.13. The summed E-state index contributed by atoms with van der Waals surface area (Å²) in [5.74, 6) is 0. The molecule has 4 nitrogen and oxygen atoms in total. The van der Waals surface area contributed by atoms with Crippen LogP contribution in [-0.4, -0.2) is 42.3 Å². The maximum Gasteiger partial charge on any atom is 0.410 e. The molecule has 13 heavy (non-hydrogen) atoms. The summed E-state index contributed by atoms with van der Waals surface area (Å²) in [6.45, 7) is 1.74. The van der Waals surface area contributed by atoms with Crippen molar-refractivity contribution in [1.29, 1.82) is 0 Å². The Bertz CT molecular complexity index is 232. The van der Waals surface area contributed by atoms with Gasteiger partial charge >= 0.3 is 6.09 Å². The number of carbonyl (C=O) groups excluding carboxylic acids is 1. The average Bonchev–Trinajstić information content (AvgIpc) is 2.66. The normalized spacial score (nSPS) is 36.9. The Kier molecular flexibility index (Phi) is 2.12. The number of ether oxygens (including phenoxy) is 1. The molecule has 1 saturated carbocycles. The molecule has 1 aliphatic carbocycles. The molecule has 1 amide bonds. The average molecular weight is 205 g/mol. The van der Waals surface area contributed by atoms with E-state index in [9.17, 15) is 4.79 Å². The van der Waals surface area contributed by atoms with Crippen LogP contribution in [0, 0.1) is 0 Å². The van der Waals surface area contributed by atoms with Crippen LogP contribution in [0.3, 0.4) is 0 Å². The summed E-state index contributed by atoms with van der Waals surface area (Å²) in [6, 6.07) is 0.817. The fraction of sp³-hybridized carbons (Fsp3) is 0.875. The largest absolute Gasteiger partial charge is 0.442 e. The van der Waals surface area contributed by atoms with Crippen LogP contribution in [0.15, 0.2) is 0 Å². The van der Waals surface area contributed by atoms with E-state index in [1.54, 1.807) is 0 Å². The quantitative estimate of drug-likeness (QED) is 0.671. The van der Waals surface area contributed by atoms with Gasteiger partial charge in [-0.15, -0.1) is 12.4 Å². The summed E-state index contributed by atoms with van der Waals surface area (Å²) in [5, 5.41) is 3.24. The molecule has 3 fully saturated rings. The van der Waals surface area contributed by atoms with Gasteiger partial charge in [-0.25, -0.2) is 4.79 Å². The number of nitrogens with one attached hydrogen (secondary N) is 1. The van der Waals surface area contributed by atoms with Gasteiger partial charge in [-0.3, -0.25) is 4.90 Å². The van der Waals surface area contributed by atoms with E-state index >= 15 is 0 Å².